The highest BCUT2D eigenvalue weighted by molar-refractivity contribution is 8.14. The van der Waals surface area contributed by atoms with Crippen LogP contribution in [0.2, 0.25) is 0 Å². The van der Waals surface area contributed by atoms with E-state index in [0.29, 0.717) is 36.0 Å². The van der Waals surface area contributed by atoms with Crippen LogP contribution in [0, 0.1) is 0 Å². The van der Waals surface area contributed by atoms with E-state index in [1.807, 2.05) is 74.5 Å². The molecule has 0 saturated heterocycles. The van der Waals surface area contributed by atoms with Gasteiger partial charge in [-0.25, -0.2) is 0 Å². The van der Waals surface area contributed by atoms with Crippen LogP contribution in [0.4, 0.5) is 0 Å². The molecule has 236 valence electrons. The zero-order valence-corrected chi connectivity index (χ0v) is 27.0. The molecule has 0 unspecified atom stereocenters. The molecular formula is C37H37N3O5S. The van der Waals surface area contributed by atoms with Crippen molar-refractivity contribution >= 4 is 40.7 Å². The van der Waals surface area contributed by atoms with Gasteiger partial charge in [-0.05, 0) is 56.2 Å². The van der Waals surface area contributed by atoms with Gasteiger partial charge in [-0.1, -0.05) is 97.2 Å². The van der Waals surface area contributed by atoms with E-state index in [4.69, 9.17) is 9.47 Å². The molecule has 3 amide bonds. The number of benzene rings is 3. The SMILES string of the molecule is C=C/C=C\C(=C/C)N1C(=O)/C(=C/c2ccc(OCC)cc2OCC)C(=O)N=C1SCC(=O)NC(c1ccccc1)c1ccccc1. The normalized spacial score (nSPS) is 14.5. The first kappa shape index (κ1) is 33.7. The van der Waals surface area contributed by atoms with Gasteiger partial charge in [0, 0.05) is 17.3 Å². The smallest absolute Gasteiger partial charge is 0.285 e. The first-order chi connectivity index (χ1) is 22.4. The van der Waals surface area contributed by atoms with Gasteiger partial charge in [-0.3, -0.25) is 19.3 Å². The average molecular weight is 636 g/mol. The number of carbonyl (C=O) groups is 3. The van der Waals surface area contributed by atoms with Crippen molar-refractivity contribution in [1.82, 2.24) is 10.2 Å². The largest absolute Gasteiger partial charge is 0.494 e. The predicted molar refractivity (Wildman–Crippen MR) is 184 cm³/mol. The Bertz CT molecular complexity index is 1640. The van der Waals surface area contributed by atoms with Gasteiger partial charge in [-0.2, -0.15) is 4.99 Å². The molecule has 9 heteroatoms. The van der Waals surface area contributed by atoms with Crippen molar-refractivity contribution in [2.24, 2.45) is 4.99 Å². The van der Waals surface area contributed by atoms with Crippen LogP contribution in [0.1, 0.15) is 43.5 Å². The molecule has 3 aromatic carbocycles. The summed E-state index contributed by atoms with van der Waals surface area (Å²) in [5, 5.41) is 3.19. The third-order valence-electron chi connectivity index (χ3n) is 6.81. The molecule has 0 bridgehead atoms. The third-order valence-corrected chi connectivity index (χ3v) is 7.75. The summed E-state index contributed by atoms with van der Waals surface area (Å²) < 4.78 is 11.4. The minimum atomic E-state index is -0.713. The second kappa shape index (κ2) is 16.8. The molecule has 1 N–H and O–H groups in total. The van der Waals surface area contributed by atoms with E-state index in [2.05, 4.69) is 16.9 Å². The van der Waals surface area contributed by atoms with Crippen molar-refractivity contribution in [3.63, 3.8) is 0 Å². The Morgan fingerprint density at radius 3 is 2.22 bits per heavy atom. The molecule has 3 aromatic rings. The van der Waals surface area contributed by atoms with Crippen molar-refractivity contribution in [1.29, 1.82) is 0 Å². The topological polar surface area (TPSA) is 97.3 Å². The molecule has 0 fully saturated rings. The zero-order valence-electron chi connectivity index (χ0n) is 26.1. The standard InChI is InChI=1S/C37H37N3O5S/c1-5-9-20-29(6-2)40-36(43)31(23-28-21-22-30(44-7-3)24-32(28)45-8-4)35(42)39-37(40)46-25-33(41)38-34(26-16-12-10-13-17-26)27-18-14-11-15-19-27/h5-6,9-24,34H,1,7-8,25H2,2-4H3,(H,38,41)/b20-9-,29-6+,31-23+. The Balaban J connectivity index is 1.64. The number of amidine groups is 1. The zero-order chi connectivity index (χ0) is 32.9. The fraction of sp³-hybridized carbons (Fsp3) is 0.189. The van der Waals surface area contributed by atoms with E-state index in [-0.39, 0.29) is 28.4 Å². The Morgan fingerprint density at radius 2 is 1.63 bits per heavy atom. The van der Waals surface area contributed by atoms with Gasteiger partial charge in [0.15, 0.2) is 5.17 Å². The number of hydrogen-bond donors (Lipinski definition) is 1. The number of rotatable bonds is 13. The van der Waals surface area contributed by atoms with E-state index in [9.17, 15) is 14.4 Å². The monoisotopic (exact) mass is 635 g/mol. The van der Waals surface area contributed by atoms with Crippen molar-refractivity contribution in [3.8, 4) is 11.5 Å². The molecule has 1 aliphatic heterocycles. The lowest BCUT2D eigenvalue weighted by Crippen LogP contribution is -2.42. The van der Waals surface area contributed by atoms with E-state index >= 15 is 0 Å². The van der Waals surface area contributed by atoms with Crippen LogP contribution in [0.25, 0.3) is 6.08 Å². The van der Waals surface area contributed by atoms with Crippen LogP contribution < -0.4 is 14.8 Å². The van der Waals surface area contributed by atoms with Crippen LogP contribution in [0.3, 0.4) is 0 Å². The Hall–Kier alpha value is -5.15. The lowest BCUT2D eigenvalue weighted by atomic mass is 9.99. The fourth-order valence-corrected chi connectivity index (χ4v) is 5.53. The van der Waals surface area contributed by atoms with E-state index in [1.54, 1.807) is 49.4 Å². The summed E-state index contributed by atoms with van der Waals surface area (Å²) in [7, 11) is 0. The third kappa shape index (κ3) is 8.51. The maximum absolute atomic E-state index is 14.0. The summed E-state index contributed by atoms with van der Waals surface area (Å²) in [4.78, 5) is 46.4. The van der Waals surface area contributed by atoms with Crippen molar-refractivity contribution in [3.05, 3.63) is 138 Å². The summed E-state index contributed by atoms with van der Waals surface area (Å²) in [6.45, 7) is 10.1. The van der Waals surface area contributed by atoms with E-state index < -0.39 is 11.8 Å². The summed E-state index contributed by atoms with van der Waals surface area (Å²) in [6.07, 6.45) is 8.16. The molecule has 0 radical (unpaired) electrons. The number of carbonyl (C=O) groups excluding carboxylic acids is 3. The molecule has 4 rings (SSSR count). The summed E-state index contributed by atoms with van der Waals surface area (Å²) >= 11 is 1.01. The van der Waals surface area contributed by atoms with Crippen LogP contribution in [0.5, 0.6) is 11.5 Å². The van der Waals surface area contributed by atoms with Gasteiger partial charge in [-0.15, -0.1) is 0 Å². The molecule has 1 heterocycles. The Kier molecular flexibility index (Phi) is 12.3. The molecule has 8 nitrogen and oxygen atoms in total. The number of aliphatic imine (C=N–C) groups is 1. The molecular weight excluding hydrogens is 598 g/mol. The van der Waals surface area contributed by atoms with Gasteiger partial charge in [0.1, 0.15) is 17.1 Å². The minimum absolute atomic E-state index is 0.0827. The molecule has 0 spiro atoms. The molecule has 1 aliphatic rings. The maximum Gasteiger partial charge on any atom is 0.285 e. The molecule has 0 aliphatic carbocycles. The number of hydrogen-bond acceptors (Lipinski definition) is 6. The maximum atomic E-state index is 14.0. The predicted octanol–water partition coefficient (Wildman–Crippen LogP) is 6.88. The molecule has 46 heavy (non-hydrogen) atoms. The number of nitrogens with zero attached hydrogens (tertiary/aromatic N) is 2. The first-order valence-electron chi connectivity index (χ1n) is 15.0. The Labute approximate surface area is 274 Å². The number of amides is 3. The summed E-state index contributed by atoms with van der Waals surface area (Å²) in [6, 6.07) is 24.2. The van der Waals surface area contributed by atoms with Gasteiger partial charge in [0.05, 0.1) is 25.0 Å². The van der Waals surface area contributed by atoms with E-state index in [0.717, 1.165) is 22.9 Å². The number of nitrogens with one attached hydrogen (secondary N) is 1. The highest BCUT2D eigenvalue weighted by Gasteiger charge is 2.35. The Morgan fingerprint density at radius 1 is 0.978 bits per heavy atom. The quantitative estimate of drug-likeness (QED) is 0.125. The fourth-order valence-electron chi connectivity index (χ4n) is 4.72. The van der Waals surface area contributed by atoms with Crippen LogP contribution in [-0.2, 0) is 14.4 Å². The lowest BCUT2D eigenvalue weighted by Gasteiger charge is -2.28. The van der Waals surface area contributed by atoms with Gasteiger partial charge in [0.25, 0.3) is 11.8 Å². The van der Waals surface area contributed by atoms with Crippen LogP contribution in [-0.4, -0.2) is 46.8 Å². The van der Waals surface area contributed by atoms with E-state index in [1.165, 1.54) is 11.0 Å². The van der Waals surface area contributed by atoms with Crippen molar-refractivity contribution in [2.75, 3.05) is 19.0 Å². The summed E-state index contributed by atoms with van der Waals surface area (Å²) in [5.41, 5.74) is 2.71. The number of allylic oxidation sites excluding steroid dienone is 4. The highest BCUT2D eigenvalue weighted by atomic mass is 32.2. The van der Waals surface area contributed by atoms with Gasteiger partial charge < -0.3 is 14.8 Å². The average Bonchev–Trinajstić information content (AvgIpc) is 3.07. The molecule has 0 atom stereocenters. The minimum Gasteiger partial charge on any atom is -0.494 e. The second-order valence-electron chi connectivity index (χ2n) is 9.88. The second-order valence-corrected chi connectivity index (χ2v) is 10.8. The summed E-state index contributed by atoms with van der Waals surface area (Å²) in [5.74, 6) is -0.578. The van der Waals surface area contributed by atoms with Crippen LogP contribution >= 0.6 is 11.8 Å². The van der Waals surface area contributed by atoms with Crippen LogP contribution in [0.15, 0.2) is 126 Å². The molecule has 0 saturated carbocycles. The first-order valence-corrected chi connectivity index (χ1v) is 15.9. The van der Waals surface area contributed by atoms with Gasteiger partial charge in [0.2, 0.25) is 5.91 Å². The number of ether oxygens (including phenoxy) is 2. The molecule has 0 aromatic heterocycles. The van der Waals surface area contributed by atoms with Crippen molar-refractivity contribution in [2.45, 2.75) is 26.8 Å². The lowest BCUT2D eigenvalue weighted by molar-refractivity contribution is -0.126. The van der Waals surface area contributed by atoms with Gasteiger partial charge >= 0.3 is 0 Å². The van der Waals surface area contributed by atoms with Crippen molar-refractivity contribution < 1.29 is 23.9 Å². The number of thioether (sulfide) groups is 1. The highest BCUT2D eigenvalue weighted by Crippen LogP contribution is 2.31.